The van der Waals surface area contributed by atoms with Gasteiger partial charge < -0.3 is 15.1 Å². The van der Waals surface area contributed by atoms with Crippen LogP contribution in [0.2, 0.25) is 10.0 Å². The average molecular weight is 380 g/mol. The number of nitrogens with one attached hydrogen (secondary N) is 1. The summed E-state index contributed by atoms with van der Waals surface area (Å²) in [5.41, 5.74) is 2.16. The van der Waals surface area contributed by atoms with Crippen molar-refractivity contribution in [2.24, 2.45) is 0 Å². The van der Waals surface area contributed by atoms with Gasteiger partial charge in [0.15, 0.2) is 0 Å². The highest BCUT2D eigenvalue weighted by Crippen LogP contribution is 2.25. The lowest BCUT2D eigenvalue weighted by Gasteiger charge is -2.21. The molecule has 2 aromatic rings. The summed E-state index contributed by atoms with van der Waals surface area (Å²) >= 11 is 12.0. The maximum absolute atomic E-state index is 12.3. The molecule has 0 unspecified atom stereocenters. The van der Waals surface area contributed by atoms with Gasteiger partial charge in [0, 0.05) is 48.1 Å². The topological polar surface area (TPSA) is 52.7 Å². The van der Waals surface area contributed by atoms with Crippen LogP contribution in [-0.4, -0.2) is 32.5 Å². The Kier molecular flexibility index (Phi) is 6.28. The van der Waals surface area contributed by atoms with Crippen molar-refractivity contribution < 1.29 is 9.59 Å². The van der Waals surface area contributed by atoms with E-state index in [4.69, 9.17) is 23.2 Å². The summed E-state index contributed by atoms with van der Waals surface area (Å²) in [7, 11) is 3.88. The lowest BCUT2D eigenvalue weighted by Crippen LogP contribution is -2.36. The van der Waals surface area contributed by atoms with Gasteiger partial charge in [0.1, 0.15) is 6.54 Å². The first-order valence-electron chi connectivity index (χ1n) is 7.57. The average Bonchev–Trinajstić information content (AvgIpc) is 2.51. The molecule has 2 amide bonds. The Bertz CT molecular complexity index is 756. The number of nitrogens with zero attached hydrogens (tertiary/aromatic N) is 2. The predicted molar refractivity (Wildman–Crippen MR) is 104 cm³/mol. The van der Waals surface area contributed by atoms with Crippen LogP contribution in [0.4, 0.5) is 17.1 Å². The molecule has 0 aliphatic carbocycles. The number of amides is 2. The van der Waals surface area contributed by atoms with E-state index in [9.17, 15) is 9.59 Å². The molecule has 2 rings (SSSR count). The molecule has 0 bridgehead atoms. The molecule has 0 atom stereocenters. The predicted octanol–water partition coefficient (Wildman–Crippen LogP) is 4.05. The summed E-state index contributed by atoms with van der Waals surface area (Å²) in [6, 6.07) is 12.2. The smallest absolute Gasteiger partial charge is 0.244 e. The van der Waals surface area contributed by atoms with E-state index in [0.717, 1.165) is 5.69 Å². The Labute approximate surface area is 157 Å². The molecule has 0 spiro atoms. The number of carbonyl (C=O) groups is 2. The highest BCUT2D eigenvalue weighted by Gasteiger charge is 2.17. The molecule has 1 N–H and O–H groups in total. The van der Waals surface area contributed by atoms with Crippen LogP contribution >= 0.6 is 23.2 Å². The second-order valence-corrected chi connectivity index (χ2v) is 6.60. The van der Waals surface area contributed by atoms with Crippen LogP contribution in [-0.2, 0) is 9.59 Å². The van der Waals surface area contributed by atoms with Gasteiger partial charge in [0.25, 0.3) is 0 Å². The van der Waals surface area contributed by atoms with Crippen LogP contribution < -0.4 is 15.1 Å². The highest BCUT2D eigenvalue weighted by molar-refractivity contribution is 6.35. The quantitative estimate of drug-likeness (QED) is 0.852. The minimum Gasteiger partial charge on any atom is -0.378 e. The molecule has 0 radical (unpaired) electrons. The van der Waals surface area contributed by atoms with Gasteiger partial charge in [0.2, 0.25) is 11.8 Å². The van der Waals surface area contributed by atoms with E-state index in [1.165, 1.54) is 11.8 Å². The molecule has 5 nitrogen and oxygen atoms in total. The Hall–Kier alpha value is -2.24. The lowest BCUT2D eigenvalue weighted by atomic mass is 10.2. The Balaban J connectivity index is 2.11. The van der Waals surface area contributed by atoms with Crippen molar-refractivity contribution in [1.82, 2.24) is 0 Å². The molecule has 0 saturated heterocycles. The molecular formula is C18H19Cl2N3O2. The number of rotatable bonds is 5. The zero-order valence-corrected chi connectivity index (χ0v) is 15.7. The van der Waals surface area contributed by atoms with Gasteiger partial charge >= 0.3 is 0 Å². The van der Waals surface area contributed by atoms with Crippen molar-refractivity contribution in [2.45, 2.75) is 6.92 Å². The third-order valence-electron chi connectivity index (χ3n) is 3.51. The second-order valence-electron chi connectivity index (χ2n) is 5.72. The van der Waals surface area contributed by atoms with Crippen LogP contribution in [0.3, 0.4) is 0 Å². The van der Waals surface area contributed by atoms with Crippen molar-refractivity contribution in [3.05, 3.63) is 52.5 Å². The maximum atomic E-state index is 12.3. The van der Waals surface area contributed by atoms with Gasteiger partial charge in [-0.15, -0.1) is 0 Å². The first-order valence-corrected chi connectivity index (χ1v) is 8.33. The fraction of sp³-hybridized carbons (Fsp3) is 0.222. The molecule has 0 heterocycles. The molecule has 7 heteroatoms. The SMILES string of the molecule is CC(=O)N(CC(=O)Nc1ccc(N(C)C)cc1)c1cc(Cl)cc(Cl)c1. The summed E-state index contributed by atoms with van der Waals surface area (Å²) in [6.45, 7) is 1.25. The number of carbonyl (C=O) groups excluding carboxylic acids is 2. The molecule has 25 heavy (non-hydrogen) atoms. The highest BCUT2D eigenvalue weighted by atomic mass is 35.5. The van der Waals surface area contributed by atoms with E-state index < -0.39 is 0 Å². The minimum atomic E-state index is -0.316. The van der Waals surface area contributed by atoms with Gasteiger partial charge in [0.05, 0.1) is 0 Å². The van der Waals surface area contributed by atoms with Crippen molar-refractivity contribution in [1.29, 1.82) is 0 Å². The Morgan fingerprint density at radius 1 is 0.960 bits per heavy atom. The fourth-order valence-corrected chi connectivity index (χ4v) is 2.78. The van der Waals surface area contributed by atoms with Crippen molar-refractivity contribution in [2.75, 3.05) is 35.8 Å². The van der Waals surface area contributed by atoms with Crippen LogP contribution in [0.1, 0.15) is 6.92 Å². The molecule has 0 aliphatic rings. The van der Waals surface area contributed by atoms with Gasteiger partial charge in [-0.2, -0.15) is 0 Å². The lowest BCUT2D eigenvalue weighted by molar-refractivity contribution is -0.120. The van der Waals surface area contributed by atoms with E-state index >= 15 is 0 Å². The van der Waals surface area contributed by atoms with Crippen LogP contribution in [0.25, 0.3) is 0 Å². The zero-order chi connectivity index (χ0) is 18.6. The van der Waals surface area contributed by atoms with E-state index in [1.54, 1.807) is 18.2 Å². The first-order chi connectivity index (χ1) is 11.8. The summed E-state index contributed by atoms with van der Waals surface area (Å²) < 4.78 is 0. The van der Waals surface area contributed by atoms with Gasteiger partial charge in [-0.1, -0.05) is 23.2 Å². The van der Waals surface area contributed by atoms with Crippen LogP contribution in [0.5, 0.6) is 0 Å². The van der Waals surface area contributed by atoms with E-state index in [0.29, 0.717) is 21.4 Å². The standard InChI is InChI=1S/C18H19Cl2N3O2/c1-12(24)23(17-9-13(19)8-14(20)10-17)11-18(25)21-15-4-6-16(7-5-15)22(2)3/h4-10H,11H2,1-3H3,(H,21,25). The summed E-state index contributed by atoms with van der Waals surface area (Å²) in [4.78, 5) is 27.5. The normalized spacial score (nSPS) is 10.3. The van der Waals surface area contributed by atoms with E-state index in [-0.39, 0.29) is 18.4 Å². The fourth-order valence-electron chi connectivity index (χ4n) is 2.27. The van der Waals surface area contributed by atoms with Gasteiger partial charge in [-0.05, 0) is 42.5 Å². The molecule has 132 valence electrons. The van der Waals surface area contributed by atoms with Crippen molar-refractivity contribution in [3.63, 3.8) is 0 Å². The van der Waals surface area contributed by atoms with Gasteiger partial charge in [-0.3, -0.25) is 9.59 Å². The molecule has 2 aromatic carbocycles. The van der Waals surface area contributed by atoms with Crippen LogP contribution in [0.15, 0.2) is 42.5 Å². The van der Waals surface area contributed by atoms with Crippen LogP contribution in [0, 0.1) is 0 Å². The monoisotopic (exact) mass is 379 g/mol. The maximum Gasteiger partial charge on any atom is 0.244 e. The summed E-state index contributed by atoms with van der Waals surface area (Å²) in [6.07, 6.45) is 0. The Morgan fingerprint density at radius 3 is 2.00 bits per heavy atom. The van der Waals surface area contributed by atoms with Gasteiger partial charge in [-0.25, -0.2) is 0 Å². The van der Waals surface area contributed by atoms with Crippen molar-refractivity contribution >= 4 is 52.1 Å². The summed E-state index contributed by atoms with van der Waals surface area (Å²) in [5.74, 6) is -0.597. The largest absolute Gasteiger partial charge is 0.378 e. The van der Waals surface area contributed by atoms with Crippen molar-refractivity contribution in [3.8, 4) is 0 Å². The molecular weight excluding hydrogens is 361 g/mol. The minimum absolute atomic E-state index is 0.137. The molecule has 0 fully saturated rings. The third-order valence-corrected chi connectivity index (χ3v) is 3.94. The second kappa shape index (κ2) is 8.23. The third kappa shape index (κ3) is 5.37. The number of anilines is 3. The van der Waals surface area contributed by atoms with E-state index in [2.05, 4.69) is 5.32 Å². The first kappa shape index (κ1) is 19.1. The molecule has 0 aromatic heterocycles. The van der Waals surface area contributed by atoms with E-state index in [1.807, 2.05) is 43.3 Å². The number of halogens is 2. The number of benzene rings is 2. The number of hydrogen-bond acceptors (Lipinski definition) is 3. The number of hydrogen-bond donors (Lipinski definition) is 1. The zero-order valence-electron chi connectivity index (χ0n) is 14.2. The molecule has 0 aliphatic heterocycles. The summed E-state index contributed by atoms with van der Waals surface area (Å²) in [5, 5.41) is 3.57. The Morgan fingerprint density at radius 2 is 1.52 bits per heavy atom. The molecule has 0 saturated carbocycles.